The summed E-state index contributed by atoms with van der Waals surface area (Å²) in [6, 6.07) is 26.6. The van der Waals surface area contributed by atoms with Gasteiger partial charge in [-0.3, -0.25) is 9.78 Å². The fourth-order valence-electron chi connectivity index (χ4n) is 8.12. The van der Waals surface area contributed by atoms with Crippen molar-refractivity contribution in [2.75, 3.05) is 0 Å². The van der Waals surface area contributed by atoms with E-state index >= 15 is 0 Å². The molecule has 0 unspecified atom stereocenters. The Kier molecular flexibility index (Phi) is 17.1. The molecule has 1 aromatic heterocycles. The van der Waals surface area contributed by atoms with Crippen LogP contribution in [0.1, 0.15) is 167 Å². The van der Waals surface area contributed by atoms with Crippen LogP contribution in [0.2, 0.25) is 0 Å². The third kappa shape index (κ3) is 11.1. The first kappa shape index (κ1) is 47.8. The molecule has 0 aliphatic carbocycles. The second kappa shape index (κ2) is 20.4. The summed E-state index contributed by atoms with van der Waals surface area (Å²) in [6.45, 7) is 33.3. The van der Waals surface area contributed by atoms with Crippen LogP contribution in [0.15, 0.2) is 72.5 Å². The Balaban J connectivity index is 0.000000464. The van der Waals surface area contributed by atoms with E-state index in [1.165, 1.54) is 61.4 Å². The number of hydrogen-bond donors (Lipinski definition) is 1. The predicted molar refractivity (Wildman–Crippen MR) is 243 cm³/mol. The zero-order valence-electron chi connectivity index (χ0n) is 37.7. The van der Waals surface area contributed by atoms with Gasteiger partial charge in [-0.05, 0) is 108 Å². The summed E-state index contributed by atoms with van der Waals surface area (Å²) in [5.74, 6) is 1.83. The van der Waals surface area contributed by atoms with E-state index in [2.05, 4.69) is 143 Å². The van der Waals surface area contributed by atoms with Gasteiger partial charge in [-0.1, -0.05) is 143 Å². The third-order valence-electron chi connectivity index (χ3n) is 11.6. The molecule has 3 nitrogen and oxygen atoms in total. The van der Waals surface area contributed by atoms with Gasteiger partial charge in [0.1, 0.15) is 0 Å². The zero-order chi connectivity index (χ0) is 41.6. The monoisotopic (exact) mass is 946 g/mol. The second-order valence-electron chi connectivity index (χ2n) is 18.0. The van der Waals surface area contributed by atoms with Gasteiger partial charge in [0.25, 0.3) is 0 Å². The van der Waals surface area contributed by atoms with Gasteiger partial charge in [0.15, 0.2) is 5.78 Å². The topological polar surface area (TPSA) is 50.2 Å². The maximum absolute atomic E-state index is 11.7. The molecule has 0 aliphatic heterocycles. The number of pyridine rings is 1. The van der Waals surface area contributed by atoms with Crippen molar-refractivity contribution >= 4 is 27.5 Å². The molecule has 57 heavy (non-hydrogen) atoms. The molecule has 4 heteroatoms. The molecule has 0 spiro atoms. The van der Waals surface area contributed by atoms with Crippen molar-refractivity contribution in [2.45, 2.75) is 153 Å². The van der Waals surface area contributed by atoms with Crippen LogP contribution in [-0.4, -0.2) is 15.9 Å². The Morgan fingerprint density at radius 1 is 0.772 bits per heavy atom. The van der Waals surface area contributed by atoms with Crippen LogP contribution < -0.4 is 0 Å². The molecule has 1 radical (unpaired) electrons. The first-order valence-corrected chi connectivity index (χ1v) is 21.4. The number of fused-ring (bicyclic) bond motifs is 2. The number of benzene rings is 4. The molecule has 0 aliphatic rings. The number of aliphatic hydroxyl groups excluding tert-OH is 1. The minimum Gasteiger partial charge on any atom is -0.512 e. The number of hydrogen-bond acceptors (Lipinski definition) is 3. The molecule has 0 amide bonds. The Morgan fingerprint density at radius 3 is 1.84 bits per heavy atom. The summed E-state index contributed by atoms with van der Waals surface area (Å²) >= 11 is 0. The summed E-state index contributed by atoms with van der Waals surface area (Å²) in [5, 5.41) is 13.4. The largest absolute Gasteiger partial charge is 0.512 e. The van der Waals surface area contributed by atoms with Gasteiger partial charge in [-0.2, -0.15) is 0 Å². The van der Waals surface area contributed by atoms with Gasteiger partial charge in [-0.25, -0.2) is 0 Å². The number of carbonyl (C=O) groups is 1. The average Bonchev–Trinajstić information content (AvgIpc) is 3.13. The van der Waals surface area contributed by atoms with Crippen molar-refractivity contribution in [3.63, 3.8) is 0 Å². The Labute approximate surface area is 359 Å². The van der Waals surface area contributed by atoms with Gasteiger partial charge < -0.3 is 5.11 Å². The van der Waals surface area contributed by atoms with Gasteiger partial charge in [0.05, 0.1) is 11.3 Å². The van der Waals surface area contributed by atoms with E-state index in [1.807, 2.05) is 27.7 Å². The fraction of sp³-hybridized carbons (Fsp3) is 0.472. The molecule has 0 atom stereocenters. The first-order valence-electron chi connectivity index (χ1n) is 21.4. The Bertz CT molecular complexity index is 2140. The SMILES string of the molecule is CCC(CC)C(=O)/C=C(\O)C(CC)CC.Cc1cc(C)c2c(-c3c(C(C)C)cc(C(C)C)cc3C(C)C)cc(-c3[c-]c4ccccc4c(C(C)(C)C)c3)nc2c1.[Ir]. The standard InChI is InChI=1S/C40H46N.C13H24O2.Ir/c1-23(2)29-19-32(24(3)4)39(33(20-29)25(5)6)34-22-36(41-37-17-26(7)16-27(8)38(34)37)30-18-28-14-12-13-15-31(28)35(21-30)40(9,10)11;1-5-10(6-2)12(14)9-13(15)11(7-3)8-4;/h12-17,19-25H,1-11H3;9-11,14H,5-8H2,1-4H3;/q-1;;/b;12-9-;. The second-order valence-corrected chi connectivity index (χ2v) is 18.0. The molecule has 5 rings (SSSR count). The Hall–Kier alpha value is -3.59. The van der Waals surface area contributed by atoms with E-state index in [1.54, 1.807) is 0 Å². The minimum atomic E-state index is -0.00138. The number of ketones is 1. The van der Waals surface area contributed by atoms with Crippen molar-refractivity contribution in [1.29, 1.82) is 0 Å². The molecule has 0 bridgehead atoms. The quantitative estimate of drug-likeness (QED) is 0.0770. The third-order valence-corrected chi connectivity index (χ3v) is 11.6. The van der Waals surface area contributed by atoms with Gasteiger partial charge in [-0.15, -0.1) is 29.1 Å². The Morgan fingerprint density at radius 2 is 1.33 bits per heavy atom. The number of aliphatic hydroxyl groups is 1. The van der Waals surface area contributed by atoms with Crippen LogP contribution in [0.25, 0.3) is 44.1 Å². The molecule has 1 N–H and O–H groups in total. The first-order chi connectivity index (χ1) is 26.4. The van der Waals surface area contributed by atoms with Gasteiger partial charge >= 0.3 is 0 Å². The number of allylic oxidation sites excluding steroid dienone is 2. The van der Waals surface area contributed by atoms with Crippen LogP contribution in [0.5, 0.6) is 0 Å². The van der Waals surface area contributed by atoms with E-state index in [-0.39, 0.29) is 48.9 Å². The van der Waals surface area contributed by atoms with Crippen molar-refractivity contribution in [2.24, 2.45) is 11.8 Å². The van der Waals surface area contributed by atoms with Crippen molar-refractivity contribution in [3.8, 4) is 22.4 Å². The number of rotatable bonds is 12. The van der Waals surface area contributed by atoms with Crippen LogP contribution >= 0.6 is 0 Å². The van der Waals surface area contributed by atoms with E-state index in [0.29, 0.717) is 17.8 Å². The van der Waals surface area contributed by atoms with E-state index in [9.17, 15) is 9.90 Å². The molecular formula is C53H70IrNO2-. The summed E-state index contributed by atoms with van der Waals surface area (Å²) in [4.78, 5) is 17.1. The number of aryl methyl sites for hydroxylation is 2. The smallest absolute Gasteiger partial charge is 0.162 e. The van der Waals surface area contributed by atoms with Gasteiger partial charge in [0.2, 0.25) is 0 Å². The van der Waals surface area contributed by atoms with Crippen LogP contribution in [0, 0.1) is 31.7 Å². The van der Waals surface area contributed by atoms with Crippen LogP contribution in [-0.2, 0) is 30.3 Å². The fourth-order valence-corrected chi connectivity index (χ4v) is 8.12. The zero-order valence-corrected chi connectivity index (χ0v) is 40.1. The predicted octanol–water partition coefficient (Wildman–Crippen LogP) is 15.7. The summed E-state index contributed by atoms with van der Waals surface area (Å²) < 4.78 is 0. The summed E-state index contributed by atoms with van der Waals surface area (Å²) in [6.07, 6.45) is 4.91. The van der Waals surface area contributed by atoms with Crippen LogP contribution in [0.3, 0.4) is 0 Å². The van der Waals surface area contributed by atoms with Crippen molar-refractivity contribution in [1.82, 2.24) is 4.98 Å². The molecule has 0 saturated heterocycles. The minimum absolute atomic E-state index is 0. The summed E-state index contributed by atoms with van der Waals surface area (Å²) in [7, 11) is 0. The van der Waals surface area contributed by atoms with Gasteiger partial charge in [0, 0.05) is 49.1 Å². The van der Waals surface area contributed by atoms with E-state index < -0.39 is 0 Å². The van der Waals surface area contributed by atoms with E-state index in [4.69, 9.17) is 4.98 Å². The maximum atomic E-state index is 11.7. The van der Waals surface area contributed by atoms with E-state index in [0.717, 1.165) is 47.8 Å². The molecule has 0 fully saturated rings. The van der Waals surface area contributed by atoms with Crippen LogP contribution in [0.4, 0.5) is 0 Å². The molecule has 0 saturated carbocycles. The summed E-state index contributed by atoms with van der Waals surface area (Å²) in [5.41, 5.74) is 13.9. The molecule has 1 heterocycles. The molecule has 4 aromatic carbocycles. The number of carbonyl (C=O) groups excluding carboxylic acids is 1. The molecular weight excluding hydrogens is 875 g/mol. The van der Waals surface area contributed by atoms with Crippen molar-refractivity contribution < 1.29 is 30.0 Å². The average molecular weight is 945 g/mol. The normalized spacial score (nSPS) is 12.2. The number of nitrogens with zero attached hydrogens (tertiary/aromatic N) is 1. The number of aromatic nitrogens is 1. The maximum Gasteiger partial charge on any atom is 0.162 e. The molecule has 5 aromatic rings. The van der Waals surface area contributed by atoms with Crippen molar-refractivity contribution in [3.05, 3.63) is 112 Å². The molecule has 309 valence electrons.